The molecule has 2 aromatic carbocycles. The molecule has 2 amide bonds. The van der Waals surface area contributed by atoms with Crippen molar-refractivity contribution in [1.82, 2.24) is 10.5 Å². The van der Waals surface area contributed by atoms with Gasteiger partial charge in [-0.3, -0.25) is 9.59 Å². The molecule has 0 fully saturated rings. The fourth-order valence-electron chi connectivity index (χ4n) is 2.58. The molecule has 0 bridgehead atoms. The van der Waals surface area contributed by atoms with E-state index in [1.165, 1.54) is 0 Å². The quantitative estimate of drug-likeness (QED) is 0.704. The number of nitrogens with zero attached hydrogens (tertiary/aromatic N) is 1. The molecule has 144 valence electrons. The van der Waals surface area contributed by atoms with Gasteiger partial charge in [0, 0.05) is 17.0 Å². The lowest BCUT2D eigenvalue weighted by Gasteiger charge is -2.12. The number of rotatable bonds is 5. The first-order chi connectivity index (χ1) is 13.3. The highest BCUT2D eigenvalue weighted by Gasteiger charge is 2.20. The standard InChI is InChI=1S/C22H23N3O3/c1-22(2,3)18-13-19(25-28-18)24-20(26)14-23-21(27)17-11-9-16(10-12-17)15-7-5-4-6-8-15/h4-13H,14H2,1-3H3,(H,23,27)(H,24,25,26). The van der Waals surface area contributed by atoms with E-state index in [4.69, 9.17) is 4.52 Å². The van der Waals surface area contributed by atoms with Crippen LogP contribution in [0.5, 0.6) is 0 Å². The van der Waals surface area contributed by atoms with Gasteiger partial charge in [-0.05, 0) is 23.3 Å². The van der Waals surface area contributed by atoms with E-state index in [1.54, 1.807) is 18.2 Å². The fourth-order valence-corrected chi connectivity index (χ4v) is 2.58. The zero-order chi connectivity index (χ0) is 20.1. The van der Waals surface area contributed by atoms with E-state index in [0.717, 1.165) is 11.1 Å². The Balaban J connectivity index is 1.53. The van der Waals surface area contributed by atoms with Gasteiger partial charge >= 0.3 is 0 Å². The van der Waals surface area contributed by atoms with Crippen molar-refractivity contribution >= 4 is 17.6 Å². The summed E-state index contributed by atoms with van der Waals surface area (Å²) in [5.74, 6) is 0.315. The monoisotopic (exact) mass is 377 g/mol. The summed E-state index contributed by atoms with van der Waals surface area (Å²) in [5, 5.41) is 9.05. The van der Waals surface area contributed by atoms with E-state index in [9.17, 15) is 9.59 Å². The highest BCUT2D eigenvalue weighted by Crippen LogP contribution is 2.24. The Morgan fingerprint density at radius 3 is 2.21 bits per heavy atom. The smallest absolute Gasteiger partial charge is 0.251 e. The summed E-state index contributed by atoms with van der Waals surface area (Å²) in [7, 11) is 0. The van der Waals surface area contributed by atoms with Gasteiger partial charge in [-0.15, -0.1) is 0 Å². The van der Waals surface area contributed by atoms with Crippen molar-refractivity contribution in [3.8, 4) is 11.1 Å². The van der Waals surface area contributed by atoms with Crippen molar-refractivity contribution in [2.24, 2.45) is 0 Å². The number of carbonyl (C=O) groups is 2. The van der Waals surface area contributed by atoms with E-state index in [1.807, 2.05) is 63.2 Å². The second kappa shape index (κ2) is 8.08. The molecule has 3 aromatic rings. The van der Waals surface area contributed by atoms with Crippen LogP contribution in [0.3, 0.4) is 0 Å². The molecular weight excluding hydrogens is 354 g/mol. The second-order valence-corrected chi connectivity index (χ2v) is 7.50. The van der Waals surface area contributed by atoms with Crippen LogP contribution in [-0.2, 0) is 10.2 Å². The maximum atomic E-state index is 12.3. The maximum Gasteiger partial charge on any atom is 0.251 e. The van der Waals surface area contributed by atoms with Crippen LogP contribution < -0.4 is 10.6 Å². The van der Waals surface area contributed by atoms with Gasteiger partial charge in [0.2, 0.25) is 5.91 Å². The third-order valence-corrected chi connectivity index (χ3v) is 4.18. The number of hydrogen-bond acceptors (Lipinski definition) is 4. The second-order valence-electron chi connectivity index (χ2n) is 7.50. The third-order valence-electron chi connectivity index (χ3n) is 4.18. The Kier molecular flexibility index (Phi) is 5.59. The number of aromatic nitrogens is 1. The van der Waals surface area contributed by atoms with Gasteiger partial charge in [-0.2, -0.15) is 0 Å². The van der Waals surface area contributed by atoms with Gasteiger partial charge < -0.3 is 15.2 Å². The molecule has 1 heterocycles. The predicted molar refractivity (Wildman–Crippen MR) is 108 cm³/mol. The summed E-state index contributed by atoms with van der Waals surface area (Å²) in [6.07, 6.45) is 0. The molecular formula is C22H23N3O3. The number of benzene rings is 2. The Morgan fingerprint density at radius 2 is 1.61 bits per heavy atom. The minimum absolute atomic E-state index is 0.156. The van der Waals surface area contributed by atoms with Crippen molar-refractivity contribution in [1.29, 1.82) is 0 Å². The van der Waals surface area contributed by atoms with Gasteiger partial charge in [0.1, 0.15) is 5.76 Å². The average molecular weight is 377 g/mol. The Bertz CT molecular complexity index is 955. The summed E-state index contributed by atoms with van der Waals surface area (Å²) >= 11 is 0. The fraction of sp³-hybridized carbons (Fsp3) is 0.227. The molecule has 0 unspecified atom stereocenters. The van der Waals surface area contributed by atoms with Crippen LogP contribution >= 0.6 is 0 Å². The minimum atomic E-state index is -0.372. The number of carbonyl (C=O) groups excluding carboxylic acids is 2. The van der Waals surface area contributed by atoms with Crippen LogP contribution in [0.4, 0.5) is 5.82 Å². The lowest BCUT2D eigenvalue weighted by molar-refractivity contribution is -0.115. The van der Waals surface area contributed by atoms with Gasteiger partial charge in [0.25, 0.3) is 5.91 Å². The first-order valence-corrected chi connectivity index (χ1v) is 9.04. The highest BCUT2D eigenvalue weighted by molar-refractivity contribution is 5.99. The highest BCUT2D eigenvalue weighted by atomic mass is 16.5. The molecule has 3 rings (SSSR count). The number of nitrogens with one attached hydrogen (secondary N) is 2. The first kappa shape index (κ1) is 19.4. The molecule has 0 saturated carbocycles. The van der Waals surface area contributed by atoms with Crippen LogP contribution in [0, 0.1) is 0 Å². The summed E-state index contributed by atoms with van der Waals surface area (Å²) in [5.41, 5.74) is 2.39. The third kappa shape index (κ3) is 4.85. The first-order valence-electron chi connectivity index (χ1n) is 9.04. The van der Waals surface area contributed by atoms with Crippen LogP contribution in [-0.4, -0.2) is 23.5 Å². The molecule has 0 aliphatic carbocycles. The normalized spacial score (nSPS) is 11.1. The van der Waals surface area contributed by atoms with Crippen LogP contribution in [0.2, 0.25) is 0 Å². The van der Waals surface area contributed by atoms with E-state index >= 15 is 0 Å². The minimum Gasteiger partial charge on any atom is -0.359 e. The molecule has 0 aliphatic heterocycles. The molecule has 0 radical (unpaired) electrons. The van der Waals surface area contributed by atoms with Gasteiger partial charge in [-0.25, -0.2) is 0 Å². The number of hydrogen-bond donors (Lipinski definition) is 2. The topological polar surface area (TPSA) is 84.2 Å². The molecule has 6 nitrogen and oxygen atoms in total. The lowest BCUT2D eigenvalue weighted by atomic mass is 9.93. The summed E-state index contributed by atoms with van der Waals surface area (Å²) in [4.78, 5) is 24.3. The van der Waals surface area contributed by atoms with Crippen molar-refractivity contribution in [2.45, 2.75) is 26.2 Å². The van der Waals surface area contributed by atoms with Crippen molar-refractivity contribution in [3.63, 3.8) is 0 Å². The van der Waals surface area contributed by atoms with E-state index < -0.39 is 0 Å². The van der Waals surface area contributed by atoms with E-state index in [-0.39, 0.29) is 23.8 Å². The predicted octanol–water partition coefficient (Wildman–Crippen LogP) is 4.01. The SMILES string of the molecule is CC(C)(C)c1cc(NC(=O)CNC(=O)c2ccc(-c3ccccc3)cc2)no1. The zero-order valence-electron chi connectivity index (χ0n) is 16.2. The maximum absolute atomic E-state index is 12.3. The van der Waals surface area contributed by atoms with Crippen LogP contribution in [0.1, 0.15) is 36.9 Å². The van der Waals surface area contributed by atoms with Crippen LogP contribution in [0.25, 0.3) is 11.1 Å². The van der Waals surface area contributed by atoms with Crippen molar-refractivity contribution < 1.29 is 14.1 Å². The number of amides is 2. The van der Waals surface area contributed by atoms with Gasteiger partial charge in [0.05, 0.1) is 6.54 Å². The van der Waals surface area contributed by atoms with Gasteiger partial charge in [0.15, 0.2) is 5.82 Å². The van der Waals surface area contributed by atoms with E-state index in [0.29, 0.717) is 17.1 Å². The van der Waals surface area contributed by atoms with E-state index in [2.05, 4.69) is 15.8 Å². The Hall–Kier alpha value is -3.41. The largest absolute Gasteiger partial charge is 0.359 e. The molecule has 0 atom stereocenters. The summed E-state index contributed by atoms with van der Waals surface area (Å²) in [6.45, 7) is 5.81. The Morgan fingerprint density at radius 1 is 0.964 bits per heavy atom. The summed E-state index contributed by atoms with van der Waals surface area (Å²) in [6, 6.07) is 18.8. The summed E-state index contributed by atoms with van der Waals surface area (Å²) < 4.78 is 5.22. The van der Waals surface area contributed by atoms with Crippen molar-refractivity contribution in [2.75, 3.05) is 11.9 Å². The van der Waals surface area contributed by atoms with Crippen LogP contribution in [0.15, 0.2) is 65.2 Å². The lowest BCUT2D eigenvalue weighted by Crippen LogP contribution is -2.32. The molecule has 0 aliphatic rings. The van der Waals surface area contributed by atoms with Gasteiger partial charge in [-0.1, -0.05) is 68.4 Å². The molecule has 0 saturated heterocycles. The Labute approximate surface area is 163 Å². The zero-order valence-corrected chi connectivity index (χ0v) is 16.2. The molecule has 6 heteroatoms. The molecule has 0 spiro atoms. The molecule has 2 N–H and O–H groups in total. The van der Waals surface area contributed by atoms with Crippen molar-refractivity contribution in [3.05, 3.63) is 72.0 Å². The molecule has 28 heavy (non-hydrogen) atoms. The number of anilines is 1. The molecule has 1 aromatic heterocycles. The average Bonchev–Trinajstić information content (AvgIpc) is 3.16.